The summed E-state index contributed by atoms with van der Waals surface area (Å²) in [6.45, 7) is 6.28. The van der Waals surface area contributed by atoms with Crippen molar-refractivity contribution in [2.45, 2.75) is 155 Å². The molecule has 0 rings (SSSR count). The van der Waals surface area contributed by atoms with E-state index < -0.39 is 5.60 Å². The van der Waals surface area contributed by atoms with E-state index >= 15 is 0 Å². The molecule has 172 valence electrons. The van der Waals surface area contributed by atoms with Crippen LogP contribution in [-0.2, 0) is 14.3 Å². The Morgan fingerprint density at radius 2 is 1.07 bits per heavy atom. The summed E-state index contributed by atoms with van der Waals surface area (Å²) in [5.41, 5.74) is -0.886. The van der Waals surface area contributed by atoms with Crippen LogP contribution in [0.3, 0.4) is 0 Å². The third-order valence-corrected chi connectivity index (χ3v) is 6.07. The molecular weight excluding hydrogens is 360 g/mol. The lowest BCUT2D eigenvalue weighted by Crippen LogP contribution is -2.36. The van der Waals surface area contributed by atoms with E-state index in [1.54, 1.807) is 0 Å². The van der Waals surface area contributed by atoms with Crippen molar-refractivity contribution in [3.05, 3.63) is 0 Å². The topological polar surface area (TPSA) is 43.4 Å². The second kappa shape index (κ2) is 20.4. The van der Waals surface area contributed by atoms with E-state index in [2.05, 4.69) is 13.8 Å². The highest BCUT2D eigenvalue weighted by Crippen LogP contribution is 2.22. The lowest BCUT2D eigenvalue weighted by molar-refractivity contribution is -0.164. The van der Waals surface area contributed by atoms with Crippen molar-refractivity contribution in [3.8, 4) is 0 Å². The fourth-order valence-electron chi connectivity index (χ4n) is 3.86. The minimum atomic E-state index is -0.886. The molecule has 0 saturated heterocycles. The molecule has 1 atom stereocenters. The van der Waals surface area contributed by atoms with E-state index in [0.29, 0.717) is 19.3 Å². The minimum absolute atomic E-state index is 0.204. The summed E-state index contributed by atoms with van der Waals surface area (Å²) in [4.78, 5) is 23.5. The van der Waals surface area contributed by atoms with Crippen LogP contribution in [0.1, 0.15) is 149 Å². The number of unbranched alkanes of at least 4 members (excludes halogenated alkanes) is 15. The lowest BCUT2D eigenvalue weighted by Gasteiger charge is -2.26. The van der Waals surface area contributed by atoms with E-state index in [1.807, 2.05) is 6.92 Å². The molecule has 0 aliphatic carbocycles. The van der Waals surface area contributed by atoms with Gasteiger partial charge in [-0.05, 0) is 25.7 Å². The van der Waals surface area contributed by atoms with Gasteiger partial charge in [-0.25, -0.2) is 0 Å². The number of aldehydes is 1. The Balaban J connectivity index is 3.51. The van der Waals surface area contributed by atoms with Crippen molar-refractivity contribution in [2.24, 2.45) is 0 Å². The fourth-order valence-corrected chi connectivity index (χ4v) is 3.86. The third-order valence-electron chi connectivity index (χ3n) is 6.07. The molecule has 0 saturated carbocycles. The highest BCUT2D eigenvalue weighted by atomic mass is 16.6. The van der Waals surface area contributed by atoms with Crippen LogP contribution in [-0.4, -0.2) is 17.9 Å². The Labute approximate surface area is 181 Å². The van der Waals surface area contributed by atoms with Gasteiger partial charge >= 0.3 is 5.97 Å². The molecule has 0 aromatic heterocycles. The van der Waals surface area contributed by atoms with Gasteiger partial charge in [0.25, 0.3) is 0 Å². The molecule has 0 heterocycles. The first kappa shape index (κ1) is 28.1. The molecule has 0 aliphatic rings. The maximum Gasteiger partial charge on any atom is 0.306 e. The first-order valence-electron chi connectivity index (χ1n) is 12.8. The van der Waals surface area contributed by atoms with Crippen molar-refractivity contribution in [2.75, 3.05) is 0 Å². The quantitative estimate of drug-likeness (QED) is 0.102. The predicted octanol–water partition coefficient (Wildman–Crippen LogP) is 8.33. The minimum Gasteiger partial charge on any atom is -0.451 e. The van der Waals surface area contributed by atoms with Crippen LogP contribution in [0.5, 0.6) is 0 Å². The van der Waals surface area contributed by atoms with Gasteiger partial charge in [0.1, 0.15) is 0 Å². The number of carbonyl (C=O) groups excluding carboxylic acids is 2. The van der Waals surface area contributed by atoms with Gasteiger partial charge in [0.15, 0.2) is 11.9 Å². The van der Waals surface area contributed by atoms with Crippen molar-refractivity contribution in [1.29, 1.82) is 0 Å². The van der Waals surface area contributed by atoms with Crippen LogP contribution in [0, 0.1) is 0 Å². The van der Waals surface area contributed by atoms with Crippen molar-refractivity contribution in [1.82, 2.24) is 0 Å². The number of ether oxygens (including phenoxy) is 1. The van der Waals surface area contributed by atoms with Gasteiger partial charge in [0.2, 0.25) is 0 Å². The first-order chi connectivity index (χ1) is 14.1. The van der Waals surface area contributed by atoms with Gasteiger partial charge in [0.05, 0.1) is 0 Å². The molecule has 0 spiro atoms. The largest absolute Gasteiger partial charge is 0.451 e. The smallest absolute Gasteiger partial charge is 0.306 e. The molecule has 3 nitrogen and oxygen atoms in total. The molecule has 0 aromatic rings. The van der Waals surface area contributed by atoms with E-state index in [4.69, 9.17) is 4.74 Å². The van der Waals surface area contributed by atoms with Crippen LogP contribution in [0.25, 0.3) is 0 Å². The highest BCUT2D eigenvalue weighted by Gasteiger charge is 2.31. The normalized spacial score (nSPS) is 13.2. The Kier molecular flexibility index (Phi) is 19.8. The Morgan fingerprint density at radius 3 is 1.45 bits per heavy atom. The molecule has 0 aliphatic heterocycles. The maximum absolute atomic E-state index is 12.1. The Hall–Kier alpha value is -0.860. The monoisotopic (exact) mass is 410 g/mol. The van der Waals surface area contributed by atoms with Gasteiger partial charge in [-0.3, -0.25) is 9.59 Å². The molecular formula is C26H50O3. The number of hydrogen-bond donors (Lipinski definition) is 0. The second-order valence-electron chi connectivity index (χ2n) is 8.81. The number of carbonyl (C=O) groups is 2. The van der Waals surface area contributed by atoms with Crippen LogP contribution >= 0.6 is 0 Å². The SMILES string of the molecule is CCCCCCCCCCCCCCCCCC(=O)OC(C=O)(CC)CCCC. The van der Waals surface area contributed by atoms with Crippen LogP contribution in [0.4, 0.5) is 0 Å². The van der Waals surface area contributed by atoms with Gasteiger partial charge in [-0.1, -0.05) is 117 Å². The van der Waals surface area contributed by atoms with E-state index in [1.165, 1.54) is 83.5 Å². The summed E-state index contributed by atoms with van der Waals surface area (Å²) in [5.74, 6) is -0.204. The summed E-state index contributed by atoms with van der Waals surface area (Å²) >= 11 is 0. The average Bonchev–Trinajstić information content (AvgIpc) is 2.74. The standard InChI is InChI=1S/C26H50O3/c1-4-7-9-10-11-12-13-14-15-16-17-18-19-20-21-22-25(28)29-26(6-3,24-27)23-8-5-2/h24H,4-23H2,1-3H3. The molecule has 1 unspecified atom stereocenters. The zero-order chi connectivity index (χ0) is 21.6. The zero-order valence-corrected chi connectivity index (χ0v) is 19.9. The lowest BCUT2D eigenvalue weighted by atomic mass is 9.95. The van der Waals surface area contributed by atoms with E-state index in [-0.39, 0.29) is 5.97 Å². The van der Waals surface area contributed by atoms with E-state index in [0.717, 1.165) is 32.0 Å². The van der Waals surface area contributed by atoms with Crippen molar-refractivity contribution in [3.63, 3.8) is 0 Å². The number of hydrogen-bond acceptors (Lipinski definition) is 3. The average molecular weight is 411 g/mol. The predicted molar refractivity (Wildman–Crippen MR) is 124 cm³/mol. The molecule has 0 radical (unpaired) electrons. The molecule has 3 heteroatoms. The van der Waals surface area contributed by atoms with Gasteiger partial charge in [-0.2, -0.15) is 0 Å². The summed E-state index contributed by atoms with van der Waals surface area (Å²) in [6.07, 6.45) is 24.1. The van der Waals surface area contributed by atoms with Crippen LogP contribution < -0.4 is 0 Å². The van der Waals surface area contributed by atoms with Crippen molar-refractivity contribution < 1.29 is 14.3 Å². The third kappa shape index (κ3) is 16.6. The van der Waals surface area contributed by atoms with Crippen LogP contribution in [0.2, 0.25) is 0 Å². The summed E-state index contributed by atoms with van der Waals surface area (Å²) in [7, 11) is 0. The summed E-state index contributed by atoms with van der Waals surface area (Å²) < 4.78 is 5.55. The molecule has 0 amide bonds. The molecule has 0 fully saturated rings. The van der Waals surface area contributed by atoms with Gasteiger partial charge in [0, 0.05) is 6.42 Å². The fraction of sp³-hybridized carbons (Fsp3) is 0.923. The van der Waals surface area contributed by atoms with E-state index in [9.17, 15) is 9.59 Å². The zero-order valence-electron chi connectivity index (χ0n) is 19.9. The molecule has 0 bridgehead atoms. The molecule has 0 aromatic carbocycles. The molecule has 0 N–H and O–H groups in total. The van der Waals surface area contributed by atoms with Crippen molar-refractivity contribution >= 4 is 12.3 Å². The Bertz CT molecular complexity index is 380. The van der Waals surface area contributed by atoms with Gasteiger partial charge < -0.3 is 4.74 Å². The van der Waals surface area contributed by atoms with Gasteiger partial charge in [-0.15, -0.1) is 0 Å². The second-order valence-corrected chi connectivity index (χ2v) is 8.81. The summed E-state index contributed by atoms with van der Waals surface area (Å²) in [5, 5.41) is 0. The first-order valence-corrected chi connectivity index (χ1v) is 12.8. The molecule has 29 heavy (non-hydrogen) atoms. The Morgan fingerprint density at radius 1 is 0.655 bits per heavy atom. The van der Waals surface area contributed by atoms with Crippen LogP contribution in [0.15, 0.2) is 0 Å². The summed E-state index contributed by atoms with van der Waals surface area (Å²) in [6, 6.07) is 0. The number of esters is 1. The maximum atomic E-state index is 12.1. The highest BCUT2D eigenvalue weighted by molar-refractivity contribution is 5.74. The number of rotatable bonds is 22.